The van der Waals surface area contributed by atoms with E-state index in [1.54, 1.807) is 6.92 Å². The Hall–Kier alpha value is -2.96. The first-order valence-electron chi connectivity index (χ1n) is 11.3. The molecule has 0 saturated carbocycles. The Bertz CT molecular complexity index is 850. The number of aromatic nitrogens is 1. The number of cyclic esters (lactones) is 1. The molecule has 0 radical (unpaired) electrons. The summed E-state index contributed by atoms with van der Waals surface area (Å²) in [5.41, 5.74) is -0.173. The van der Waals surface area contributed by atoms with E-state index in [-0.39, 0.29) is 30.4 Å². The van der Waals surface area contributed by atoms with E-state index < -0.39 is 49.0 Å². The summed E-state index contributed by atoms with van der Waals surface area (Å²) in [4.78, 5) is 41.0. The molecule has 2 rings (SSSR count). The number of rotatable bonds is 11. The van der Waals surface area contributed by atoms with Crippen molar-refractivity contribution in [1.29, 1.82) is 0 Å². The van der Waals surface area contributed by atoms with Crippen LogP contribution in [0.4, 0.5) is 0 Å². The molecule has 35 heavy (non-hydrogen) atoms. The molecule has 1 aliphatic rings. The Balaban J connectivity index is 2.16. The molecule has 1 N–H and O–H groups in total. The van der Waals surface area contributed by atoms with E-state index in [9.17, 15) is 14.4 Å². The fourth-order valence-corrected chi connectivity index (χ4v) is 3.36. The summed E-state index contributed by atoms with van der Waals surface area (Å²) in [5, 5.41) is 2.57. The third-order valence-corrected chi connectivity index (χ3v) is 5.16. The molecule has 12 nitrogen and oxygen atoms in total. The highest BCUT2D eigenvalue weighted by Crippen LogP contribution is 2.29. The van der Waals surface area contributed by atoms with Crippen LogP contribution < -0.4 is 14.8 Å². The van der Waals surface area contributed by atoms with Crippen molar-refractivity contribution in [2.45, 2.75) is 58.0 Å². The molecule has 196 valence electrons. The Kier molecular flexibility index (Phi) is 11.7. The number of nitrogens with one attached hydrogen (secondary N) is 1. The number of carbonyl (C=O) groups excluding carboxylic acids is 3. The van der Waals surface area contributed by atoms with Crippen molar-refractivity contribution < 1.29 is 47.5 Å². The third kappa shape index (κ3) is 8.34. The van der Waals surface area contributed by atoms with Gasteiger partial charge in [-0.3, -0.25) is 9.59 Å². The molecule has 1 aliphatic heterocycles. The van der Waals surface area contributed by atoms with E-state index in [0.717, 1.165) is 12.8 Å². The molecule has 1 amide bonds. The number of unbranched alkanes of at least 4 members (excludes halogenated alkanes) is 1. The Morgan fingerprint density at radius 1 is 1.26 bits per heavy atom. The zero-order valence-electron chi connectivity index (χ0n) is 20.7. The van der Waals surface area contributed by atoms with Crippen LogP contribution in [-0.4, -0.2) is 88.0 Å². The highest BCUT2D eigenvalue weighted by molar-refractivity contribution is 5.98. The minimum Gasteiger partial charge on any atom is -0.493 e. The van der Waals surface area contributed by atoms with Gasteiger partial charge in [0.25, 0.3) is 5.91 Å². The van der Waals surface area contributed by atoms with Crippen LogP contribution in [0.3, 0.4) is 0 Å². The number of hydrogen-bond acceptors (Lipinski definition) is 11. The topological polar surface area (TPSA) is 141 Å². The van der Waals surface area contributed by atoms with Gasteiger partial charge in [-0.2, -0.15) is 0 Å². The molecular formula is C23H34N2O10. The minimum atomic E-state index is -1.13. The second-order valence-corrected chi connectivity index (χ2v) is 7.76. The fourth-order valence-electron chi connectivity index (χ4n) is 3.36. The molecule has 2 heterocycles. The summed E-state index contributed by atoms with van der Waals surface area (Å²) in [6.07, 6.45) is 1.52. The number of ether oxygens (including phenoxy) is 7. The van der Waals surface area contributed by atoms with Crippen molar-refractivity contribution in [3.63, 3.8) is 0 Å². The molecule has 1 aromatic rings. The quantitative estimate of drug-likeness (QED) is 0.268. The number of carbonyl (C=O) groups is 3. The SMILES string of the molecule is CCCCO[C@H]1COC[C@H](NC(=O)c2nccc(OC)c2OCOC(C)=O)C(=O)O[C@@H](C)[C@@H]1OC. The zero-order chi connectivity index (χ0) is 25.8. The van der Waals surface area contributed by atoms with Crippen molar-refractivity contribution in [1.82, 2.24) is 10.3 Å². The smallest absolute Gasteiger partial charge is 0.331 e. The summed E-state index contributed by atoms with van der Waals surface area (Å²) in [7, 11) is 2.89. The minimum absolute atomic E-state index is 0.0525. The molecule has 0 aromatic carbocycles. The van der Waals surface area contributed by atoms with Gasteiger partial charge < -0.3 is 38.5 Å². The van der Waals surface area contributed by atoms with Gasteiger partial charge in [-0.1, -0.05) is 13.3 Å². The van der Waals surface area contributed by atoms with Crippen molar-refractivity contribution in [3.8, 4) is 11.5 Å². The fraction of sp³-hybridized carbons (Fsp3) is 0.652. The summed E-state index contributed by atoms with van der Waals surface area (Å²) in [6.45, 7) is 5.01. The van der Waals surface area contributed by atoms with Gasteiger partial charge in [-0.25, -0.2) is 9.78 Å². The summed E-state index contributed by atoms with van der Waals surface area (Å²) < 4.78 is 38.1. The Morgan fingerprint density at radius 3 is 2.69 bits per heavy atom. The van der Waals surface area contributed by atoms with Crippen LogP contribution in [0.2, 0.25) is 0 Å². The van der Waals surface area contributed by atoms with E-state index in [2.05, 4.69) is 17.2 Å². The van der Waals surface area contributed by atoms with Crippen LogP contribution in [0.25, 0.3) is 0 Å². The van der Waals surface area contributed by atoms with Gasteiger partial charge in [-0.05, 0) is 13.3 Å². The van der Waals surface area contributed by atoms with E-state index in [0.29, 0.717) is 6.61 Å². The monoisotopic (exact) mass is 498 g/mol. The van der Waals surface area contributed by atoms with E-state index in [1.807, 2.05) is 0 Å². The van der Waals surface area contributed by atoms with Crippen molar-refractivity contribution in [2.75, 3.05) is 40.8 Å². The highest BCUT2D eigenvalue weighted by Gasteiger charge is 2.36. The van der Waals surface area contributed by atoms with Crippen LogP contribution in [0.5, 0.6) is 11.5 Å². The predicted molar refractivity (Wildman–Crippen MR) is 121 cm³/mol. The third-order valence-electron chi connectivity index (χ3n) is 5.16. The first-order chi connectivity index (χ1) is 16.8. The number of hydrogen-bond donors (Lipinski definition) is 1. The van der Waals surface area contributed by atoms with Gasteiger partial charge in [0.1, 0.15) is 18.3 Å². The van der Waals surface area contributed by atoms with E-state index in [1.165, 1.54) is 33.4 Å². The molecule has 0 aliphatic carbocycles. The molecule has 1 saturated heterocycles. The maximum Gasteiger partial charge on any atom is 0.331 e. The average Bonchev–Trinajstić information content (AvgIpc) is 2.87. The summed E-state index contributed by atoms with van der Waals surface area (Å²) in [5.74, 6) is -1.87. The van der Waals surface area contributed by atoms with Crippen LogP contribution in [0.15, 0.2) is 12.3 Å². The number of esters is 2. The van der Waals surface area contributed by atoms with Gasteiger partial charge in [0, 0.05) is 32.9 Å². The number of amides is 1. The van der Waals surface area contributed by atoms with Crippen molar-refractivity contribution in [3.05, 3.63) is 18.0 Å². The van der Waals surface area contributed by atoms with Crippen LogP contribution in [0, 0.1) is 0 Å². The van der Waals surface area contributed by atoms with Crippen molar-refractivity contribution >= 4 is 17.8 Å². The molecule has 0 bridgehead atoms. The number of nitrogens with zero attached hydrogens (tertiary/aromatic N) is 1. The Morgan fingerprint density at radius 2 is 2.03 bits per heavy atom. The lowest BCUT2D eigenvalue weighted by molar-refractivity contribution is -0.164. The lowest BCUT2D eigenvalue weighted by Gasteiger charge is -2.29. The standard InChI is InChI=1S/C23H34N2O10/c1-6-7-10-32-18-12-31-11-16(23(28)35-14(2)20(18)30-5)25-22(27)19-21(34-13-33-15(3)26)17(29-4)8-9-24-19/h8-9,14,16,18,20H,6-7,10-13H2,1-5H3,(H,25,27)/t14-,16-,18-,20-/m0/s1. The molecule has 1 aromatic heterocycles. The number of methoxy groups -OCH3 is 2. The molecule has 0 unspecified atom stereocenters. The molecule has 0 spiro atoms. The van der Waals surface area contributed by atoms with E-state index >= 15 is 0 Å². The summed E-state index contributed by atoms with van der Waals surface area (Å²) in [6, 6.07) is 0.342. The lowest BCUT2D eigenvalue weighted by Crippen LogP contribution is -2.47. The lowest BCUT2D eigenvalue weighted by atomic mass is 10.1. The van der Waals surface area contributed by atoms with Gasteiger partial charge in [-0.15, -0.1) is 0 Å². The first-order valence-corrected chi connectivity index (χ1v) is 11.3. The van der Waals surface area contributed by atoms with Gasteiger partial charge in [0.05, 0.1) is 20.3 Å². The first kappa shape index (κ1) is 28.3. The normalized spacial score (nSPS) is 22.7. The van der Waals surface area contributed by atoms with Crippen LogP contribution in [0.1, 0.15) is 44.1 Å². The maximum atomic E-state index is 13.0. The Labute approximate surface area is 204 Å². The van der Waals surface area contributed by atoms with Crippen molar-refractivity contribution in [2.24, 2.45) is 0 Å². The number of pyridine rings is 1. The van der Waals surface area contributed by atoms with Crippen LogP contribution >= 0.6 is 0 Å². The molecular weight excluding hydrogens is 464 g/mol. The zero-order valence-corrected chi connectivity index (χ0v) is 20.7. The largest absolute Gasteiger partial charge is 0.493 e. The maximum absolute atomic E-state index is 13.0. The van der Waals surface area contributed by atoms with Gasteiger partial charge in [0.15, 0.2) is 23.2 Å². The van der Waals surface area contributed by atoms with E-state index in [4.69, 9.17) is 33.2 Å². The van der Waals surface area contributed by atoms with Gasteiger partial charge >= 0.3 is 11.9 Å². The molecule has 12 heteroatoms. The van der Waals surface area contributed by atoms with Crippen LogP contribution in [-0.2, 0) is 33.3 Å². The summed E-state index contributed by atoms with van der Waals surface area (Å²) >= 11 is 0. The van der Waals surface area contributed by atoms with Gasteiger partial charge in [0.2, 0.25) is 6.79 Å². The highest BCUT2D eigenvalue weighted by atomic mass is 16.7. The second-order valence-electron chi connectivity index (χ2n) is 7.76. The molecule has 1 fully saturated rings. The average molecular weight is 499 g/mol. The molecule has 4 atom stereocenters. The predicted octanol–water partition coefficient (Wildman–Crippen LogP) is 1.25. The second kappa shape index (κ2) is 14.4.